The molecule has 0 bridgehead atoms. The molecule has 0 spiro atoms. The fourth-order valence-corrected chi connectivity index (χ4v) is 1.78. The number of aryl methyl sites for hydroxylation is 1. The Balaban J connectivity index is 3.31. The molecular formula is C12H15Cl. The summed E-state index contributed by atoms with van der Waals surface area (Å²) in [6.45, 7) is 10.1. The first-order chi connectivity index (χ1) is 6.07. The minimum Gasteiger partial charge on any atom is -0.0955 e. The van der Waals surface area contributed by atoms with Gasteiger partial charge in [0.1, 0.15) is 0 Å². The van der Waals surface area contributed by atoms with Crippen molar-refractivity contribution >= 4 is 17.2 Å². The third-order valence-electron chi connectivity index (χ3n) is 2.34. The van der Waals surface area contributed by atoms with Crippen molar-refractivity contribution in [2.24, 2.45) is 0 Å². The van der Waals surface area contributed by atoms with Gasteiger partial charge in [0, 0.05) is 0 Å². The van der Waals surface area contributed by atoms with E-state index in [1.54, 1.807) is 0 Å². The molecular weight excluding hydrogens is 180 g/mol. The van der Waals surface area contributed by atoms with Crippen LogP contribution in [-0.4, -0.2) is 0 Å². The molecule has 0 heterocycles. The summed E-state index contributed by atoms with van der Waals surface area (Å²) in [5.41, 5.74) is 4.59. The van der Waals surface area contributed by atoms with Crippen molar-refractivity contribution < 1.29 is 0 Å². The average Bonchev–Trinajstić information content (AvgIpc) is 2.09. The summed E-state index contributed by atoms with van der Waals surface area (Å²) in [6.07, 6.45) is 1.03. The van der Waals surface area contributed by atoms with Gasteiger partial charge in [-0.1, -0.05) is 37.2 Å². The molecule has 0 N–H and O–H groups in total. The highest BCUT2D eigenvalue weighted by atomic mass is 35.5. The van der Waals surface area contributed by atoms with Crippen molar-refractivity contribution in [1.29, 1.82) is 0 Å². The Kier molecular flexibility index (Phi) is 3.16. The van der Waals surface area contributed by atoms with Crippen LogP contribution in [-0.2, 0) is 6.42 Å². The minimum atomic E-state index is 0.854. The Bertz CT molecular complexity index is 337. The minimum absolute atomic E-state index is 0.854. The molecule has 0 aliphatic rings. The molecule has 1 rings (SSSR count). The van der Waals surface area contributed by atoms with Crippen LogP contribution >= 0.6 is 11.6 Å². The summed E-state index contributed by atoms with van der Waals surface area (Å²) < 4.78 is 0. The fraction of sp³-hybridized carbons (Fsp3) is 0.333. The molecule has 0 saturated carbocycles. The van der Waals surface area contributed by atoms with Crippen molar-refractivity contribution in [3.05, 3.63) is 40.4 Å². The van der Waals surface area contributed by atoms with E-state index in [0.717, 1.165) is 22.6 Å². The lowest BCUT2D eigenvalue weighted by Crippen LogP contribution is -1.91. The van der Waals surface area contributed by atoms with Crippen LogP contribution in [0.2, 0.25) is 5.02 Å². The summed E-state index contributed by atoms with van der Waals surface area (Å²) in [5.74, 6) is 0. The first-order valence-electron chi connectivity index (χ1n) is 4.51. The zero-order valence-electron chi connectivity index (χ0n) is 8.45. The molecule has 0 unspecified atom stereocenters. The highest BCUT2D eigenvalue weighted by molar-refractivity contribution is 6.33. The number of rotatable bonds is 2. The molecule has 1 aromatic rings. The monoisotopic (exact) mass is 194 g/mol. The summed E-state index contributed by atoms with van der Waals surface area (Å²) in [7, 11) is 0. The molecule has 0 aliphatic carbocycles. The molecule has 0 amide bonds. The van der Waals surface area contributed by atoms with Gasteiger partial charge in [-0.15, -0.1) is 0 Å². The van der Waals surface area contributed by atoms with Gasteiger partial charge in [0.15, 0.2) is 0 Å². The Morgan fingerprint density at radius 1 is 1.46 bits per heavy atom. The van der Waals surface area contributed by atoms with E-state index >= 15 is 0 Å². The summed E-state index contributed by atoms with van der Waals surface area (Å²) >= 11 is 6.21. The molecule has 70 valence electrons. The van der Waals surface area contributed by atoms with Gasteiger partial charge in [0.05, 0.1) is 5.02 Å². The molecule has 13 heavy (non-hydrogen) atoms. The Morgan fingerprint density at radius 3 is 2.54 bits per heavy atom. The van der Waals surface area contributed by atoms with E-state index in [2.05, 4.69) is 32.6 Å². The van der Waals surface area contributed by atoms with Crippen molar-refractivity contribution in [2.75, 3.05) is 0 Å². The van der Waals surface area contributed by atoms with E-state index in [4.69, 9.17) is 11.6 Å². The summed E-state index contributed by atoms with van der Waals surface area (Å²) in [5, 5.41) is 0.854. The second-order valence-corrected chi connectivity index (χ2v) is 3.72. The summed E-state index contributed by atoms with van der Waals surface area (Å²) in [6, 6.07) is 4.18. The van der Waals surface area contributed by atoms with E-state index in [1.807, 2.05) is 6.92 Å². The standard InChI is InChI=1S/C12H15Cl/c1-5-10-6-7-11(8(2)3)12(13)9(10)4/h6-7H,2,5H2,1,3-4H3. The van der Waals surface area contributed by atoms with E-state index in [1.165, 1.54) is 11.1 Å². The van der Waals surface area contributed by atoms with E-state index in [-0.39, 0.29) is 0 Å². The predicted octanol–water partition coefficient (Wildman–Crippen LogP) is 4.24. The maximum atomic E-state index is 6.21. The molecule has 0 fully saturated rings. The van der Waals surface area contributed by atoms with Gasteiger partial charge in [-0.2, -0.15) is 0 Å². The molecule has 0 saturated heterocycles. The van der Waals surface area contributed by atoms with Crippen LogP contribution in [0.15, 0.2) is 18.7 Å². The SMILES string of the molecule is C=C(C)c1ccc(CC)c(C)c1Cl. The van der Waals surface area contributed by atoms with Gasteiger partial charge in [0.2, 0.25) is 0 Å². The molecule has 0 aliphatic heterocycles. The van der Waals surface area contributed by atoms with Crippen LogP contribution < -0.4 is 0 Å². The molecule has 1 aromatic carbocycles. The van der Waals surface area contributed by atoms with Crippen molar-refractivity contribution in [1.82, 2.24) is 0 Å². The number of hydrogen-bond donors (Lipinski definition) is 0. The normalized spacial score (nSPS) is 10.2. The van der Waals surface area contributed by atoms with Crippen molar-refractivity contribution in [3.8, 4) is 0 Å². The number of hydrogen-bond acceptors (Lipinski definition) is 0. The molecule has 0 radical (unpaired) electrons. The first-order valence-corrected chi connectivity index (χ1v) is 4.89. The van der Waals surface area contributed by atoms with Crippen LogP contribution in [0.25, 0.3) is 5.57 Å². The van der Waals surface area contributed by atoms with Crippen LogP contribution in [0.1, 0.15) is 30.5 Å². The quantitative estimate of drug-likeness (QED) is 0.661. The van der Waals surface area contributed by atoms with Gasteiger partial charge in [-0.05, 0) is 42.5 Å². The maximum absolute atomic E-state index is 6.21. The third-order valence-corrected chi connectivity index (χ3v) is 2.83. The van der Waals surface area contributed by atoms with Crippen LogP contribution in [0.5, 0.6) is 0 Å². The number of halogens is 1. The topological polar surface area (TPSA) is 0 Å². The molecule has 0 atom stereocenters. The van der Waals surface area contributed by atoms with Crippen molar-refractivity contribution in [3.63, 3.8) is 0 Å². The lowest BCUT2D eigenvalue weighted by atomic mass is 10.00. The smallest absolute Gasteiger partial charge is 0.0512 e. The van der Waals surface area contributed by atoms with Crippen molar-refractivity contribution in [2.45, 2.75) is 27.2 Å². The molecule has 0 nitrogen and oxygen atoms in total. The Hall–Kier alpha value is -0.750. The number of allylic oxidation sites excluding steroid dienone is 1. The molecule has 0 aromatic heterocycles. The lowest BCUT2D eigenvalue weighted by Gasteiger charge is -2.10. The largest absolute Gasteiger partial charge is 0.0955 e. The van der Waals surface area contributed by atoms with Crippen LogP contribution in [0.4, 0.5) is 0 Å². The van der Waals surface area contributed by atoms with E-state index in [0.29, 0.717) is 0 Å². The second kappa shape index (κ2) is 3.97. The Morgan fingerprint density at radius 2 is 2.08 bits per heavy atom. The van der Waals surface area contributed by atoms with E-state index < -0.39 is 0 Å². The van der Waals surface area contributed by atoms with Gasteiger partial charge in [-0.25, -0.2) is 0 Å². The predicted molar refractivity (Wildman–Crippen MR) is 60.3 cm³/mol. The zero-order chi connectivity index (χ0) is 10.0. The maximum Gasteiger partial charge on any atom is 0.0512 e. The lowest BCUT2D eigenvalue weighted by molar-refractivity contribution is 1.11. The van der Waals surface area contributed by atoms with Crippen LogP contribution in [0, 0.1) is 6.92 Å². The third kappa shape index (κ3) is 1.94. The zero-order valence-corrected chi connectivity index (χ0v) is 9.20. The Labute approximate surface area is 85.2 Å². The highest BCUT2D eigenvalue weighted by Crippen LogP contribution is 2.28. The first kappa shape index (κ1) is 10.3. The van der Waals surface area contributed by atoms with Gasteiger partial charge in [-0.3, -0.25) is 0 Å². The van der Waals surface area contributed by atoms with Crippen LogP contribution in [0.3, 0.4) is 0 Å². The fourth-order valence-electron chi connectivity index (χ4n) is 1.44. The molecule has 1 heteroatoms. The highest BCUT2D eigenvalue weighted by Gasteiger charge is 2.06. The van der Waals surface area contributed by atoms with Gasteiger partial charge >= 0.3 is 0 Å². The second-order valence-electron chi connectivity index (χ2n) is 3.35. The number of benzene rings is 1. The summed E-state index contributed by atoms with van der Waals surface area (Å²) in [4.78, 5) is 0. The van der Waals surface area contributed by atoms with Gasteiger partial charge < -0.3 is 0 Å². The average molecular weight is 195 g/mol. The van der Waals surface area contributed by atoms with Gasteiger partial charge in [0.25, 0.3) is 0 Å². The van der Waals surface area contributed by atoms with E-state index in [9.17, 15) is 0 Å².